The molecule has 1 aliphatic rings. The van der Waals surface area contributed by atoms with Gasteiger partial charge in [-0.2, -0.15) is 0 Å². The van der Waals surface area contributed by atoms with Gasteiger partial charge in [0.15, 0.2) is 0 Å². The molecule has 2 heterocycles. The molecule has 1 aromatic heterocycles. The van der Waals surface area contributed by atoms with E-state index in [1.807, 2.05) is 42.0 Å². The van der Waals surface area contributed by atoms with Crippen molar-refractivity contribution in [3.63, 3.8) is 0 Å². The zero-order valence-corrected chi connectivity index (χ0v) is 23.4. The first-order valence-electron chi connectivity index (χ1n) is 13.6. The largest absolute Gasteiger partial charge is 0.507 e. The minimum Gasteiger partial charge on any atom is -0.507 e. The maximum absolute atomic E-state index is 13.4. The van der Waals surface area contributed by atoms with Gasteiger partial charge in [-0.05, 0) is 60.9 Å². The third kappa shape index (κ3) is 6.10. The Hall–Kier alpha value is -5.18. The highest BCUT2D eigenvalue weighted by Crippen LogP contribution is 2.39. The molecule has 0 radical (unpaired) electrons. The van der Waals surface area contributed by atoms with Crippen LogP contribution in [0.1, 0.15) is 45.1 Å². The van der Waals surface area contributed by atoms with Gasteiger partial charge in [0.2, 0.25) is 0 Å². The summed E-state index contributed by atoms with van der Waals surface area (Å²) >= 11 is 0. The molecule has 0 bridgehead atoms. The average Bonchev–Trinajstić information content (AvgIpc) is 3.62. The summed E-state index contributed by atoms with van der Waals surface area (Å²) in [5, 5.41) is 11.4. The minimum atomic E-state index is -0.836. The molecule has 1 amide bonds. The summed E-state index contributed by atoms with van der Waals surface area (Å²) in [7, 11) is 1.30. The van der Waals surface area contributed by atoms with Gasteiger partial charge < -0.3 is 24.0 Å². The second-order valence-corrected chi connectivity index (χ2v) is 10.1. The molecule has 0 saturated carbocycles. The lowest BCUT2D eigenvalue weighted by Crippen LogP contribution is -2.31. The number of aliphatic hydroxyl groups excluding tert-OH is 1. The van der Waals surface area contributed by atoms with Crippen LogP contribution in [0.3, 0.4) is 0 Å². The monoisotopic (exact) mass is 565 g/mol. The molecule has 1 saturated heterocycles. The van der Waals surface area contributed by atoms with Gasteiger partial charge in [-0.1, -0.05) is 42.0 Å². The predicted octanol–water partition coefficient (Wildman–Crippen LogP) is 5.07. The highest BCUT2D eigenvalue weighted by Gasteiger charge is 2.45. The molecule has 9 nitrogen and oxygen atoms in total. The summed E-state index contributed by atoms with van der Waals surface area (Å²) in [6, 6.07) is 20.4. The Kier molecular flexibility index (Phi) is 8.47. The number of rotatable bonds is 10. The lowest BCUT2D eigenvalue weighted by atomic mass is 9.94. The van der Waals surface area contributed by atoms with E-state index in [1.165, 1.54) is 12.0 Å². The van der Waals surface area contributed by atoms with Crippen molar-refractivity contribution < 1.29 is 29.0 Å². The fraction of sp³-hybridized carbons (Fsp3) is 0.212. The zero-order valence-electron chi connectivity index (χ0n) is 23.4. The van der Waals surface area contributed by atoms with Crippen LogP contribution < -0.4 is 4.74 Å². The number of hydrogen-bond donors (Lipinski definition) is 1. The van der Waals surface area contributed by atoms with E-state index in [-0.39, 0.29) is 17.9 Å². The predicted molar refractivity (Wildman–Crippen MR) is 156 cm³/mol. The third-order valence-electron chi connectivity index (χ3n) is 7.18. The number of carbonyl (C=O) groups is 3. The maximum Gasteiger partial charge on any atom is 0.337 e. The van der Waals surface area contributed by atoms with Crippen molar-refractivity contribution in [3.05, 3.63) is 125 Å². The fourth-order valence-electron chi connectivity index (χ4n) is 5.05. The highest BCUT2D eigenvalue weighted by molar-refractivity contribution is 6.46. The molecule has 0 spiro atoms. The first-order valence-corrected chi connectivity index (χ1v) is 13.6. The Morgan fingerprint density at radius 2 is 1.71 bits per heavy atom. The van der Waals surface area contributed by atoms with E-state index in [0.717, 1.165) is 11.1 Å². The van der Waals surface area contributed by atoms with Gasteiger partial charge >= 0.3 is 5.97 Å². The molecule has 1 unspecified atom stereocenters. The number of carbonyl (C=O) groups excluding carboxylic acids is 3. The van der Waals surface area contributed by atoms with Crippen LogP contribution in [0.2, 0.25) is 0 Å². The molecule has 1 fully saturated rings. The number of aromatic nitrogens is 2. The van der Waals surface area contributed by atoms with Gasteiger partial charge in [0.05, 0.1) is 30.6 Å². The fourth-order valence-corrected chi connectivity index (χ4v) is 5.05. The van der Waals surface area contributed by atoms with Crippen LogP contribution in [0, 0.1) is 6.92 Å². The number of nitrogens with zero attached hydrogens (tertiary/aromatic N) is 3. The topological polar surface area (TPSA) is 111 Å². The van der Waals surface area contributed by atoms with Crippen molar-refractivity contribution in [3.8, 4) is 5.75 Å². The molecule has 4 aromatic rings. The Labute approximate surface area is 243 Å². The number of hydrogen-bond acceptors (Lipinski definition) is 7. The lowest BCUT2D eigenvalue weighted by Gasteiger charge is -2.25. The van der Waals surface area contributed by atoms with Crippen LogP contribution in [-0.4, -0.2) is 50.9 Å². The molecule has 1 atom stereocenters. The van der Waals surface area contributed by atoms with Crippen LogP contribution in [0.4, 0.5) is 0 Å². The van der Waals surface area contributed by atoms with Crippen molar-refractivity contribution in [2.24, 2.45) is 0 Å². The quantitative estimate of drug-likeness (QED) is 0.124. The molecular weight excluding hydrogens is 534 g/mol. The summed E-state index contributed by atoms with van der Waals surface area (Å²) in [4.78, 5) is 44.1. The van der Waals surface area contributed by atoms with E-state index in [9.17, 15) is 19.5 Å². The standard InChI is InChI=1S/C33H31N3O6/c1-22-5-3-6-23(19-22)20-42-27-13-11-25(12-14-27)30(37)28-29(24-7-9-26(10-8-24)33(40)41-2)36(32(39)31(28)38)17-4-16-35-18-15-34-21-35/h3,5-15,18-19,21,29,37H,4,16-17,20H2,1-2H3/b30-28+. The minimum absolute atomic E-state index is 0.0121. The van der Waals surface area contributed by atoms with E-state index < -0.39 is 23.7 Å². The first kappa shape index (κ1) is 28.4. The molecule has 9 heteroatoms. The first-order chi connectivity index (χ1) is 20.4. The molecule has 5 rings (SSSR count). The number of esters is 1. The molecule has 214 valence electrons. The van der Waals surface area contributed by atoms with E-state index in [1.54, 1.807) is 61.1 Å². The van der Waals surface area contributed by atoms with Crippen LogP contribution in [0.25, 0.3) is 5.76 Å². The Bertz CT molecular complexity index is 1610. The molecule has 1 N–H and O–H groups in total. The number of benzene rings is 3. The Morgan fingerprint density at radius 1 is 0.976 bits per heavy atom. The number of ketones is 1. The van der Waals surface area contributed by atoms with Crippen molar-refractivity contribution in [1.29, 1.82) is 0 Å². The Balaban J connectivity index is 1.43. The van der Waals surface area contributed by atoms with Gasteiger partial charge in [0, 0.05) is 31.0 Å². The molecular formula is C33H31N3O6. The molecule has 42 heavy (non-hydrogen) atoms. The van der Waals surface area contributed by atoms with E-state index in [4.69, 9.17) is 9.47 Å². The summed E-state index contributed by atoms with van der Waals surface area (Å²) < 4.78 is 12.6. The van der Waals surface area contributed by atoms with Crippen LogP contribution in [0.15, 0.2) is 97.1 Å². The van der Waals surface area contributed by atoms with Gasteiger partial charge in [-0.25, -0.2) is 9.78 Å². The average molecular weight is 566 g/mol. The van der Waals surface area contributed by atoms with Crippen molar-refractivity contribution in [2.75, 3.05) is 13.7 Å². The number of aliphatic hydroxyl groups is 1. The van der Waals surface area contributed by atoms with Crippen LogP contribution >= 0.6 is 0 Å². The zero-order chi connectivity index (χ0) is 29.6. The van der Waals surface area contributed by atoms with Gasteiger partial charge in [0.25, 0.3) is 11.7 Å². The number of ether oxygens (including phenoxy) is 2. The summed E-state index contributed by atoms with van der Waals surface area (Å²) in [5.74, 6) is -1.64. The SMILES string of the molecule is COC(=O)c1ccc(C2/C(=C(\O)c3ccc(OCc4cccc(C)c4)cc3)C(=O)C(=O)N2CCCn2ccnc2)cc1. The number of likely N-dealkylation sites (tertiary alicyclic amines) is 1. The molecule has 1 aliphatic heterocycles. The maximum atomic E-state index is 13.4. The number of Topliss-reactive ketones (excluding diaryl/α,β-unsaturated/α-hetero) is 1. The second kappa shape index (κ2) is 12.6. The summed E-state index contributed by atoms with van der Waals surface area (Å²) in [6.45, 7) is 3.28. The highest BCUT2D eigenvalue weighted by atomic mass is 16.5. The smallest absolute Gasteiger partial charge is 0.337 e. The normalized spacial score (nSPS) is 16.0. The number of aryl methyl sites for hydroxylation is 2. The summed E-state index contributed by atoms with van der Waals surface area (Å²) in [5.41, 5.74) is 3.47. The number of amides is 1. The van der Waals surface area contributed by atoms with Crippen molar-refractivity contribution >= 4 is 23.4 Å². The van der Waals surface area contributed by atoms with E-state index in [2.05, 4.69) is 4.98 Å². The molecule has 3 aromatic carbocycles. The van der Waals surface area contributed by atoms with Gasteiger partial charge in [-0.15, -0.1) is 0 Å². The summed E-state index contributed by atoms with van der Waals surface area (Å²) in [6.07, 6.45) is 5.75. The van der Waals surface area contributed by atoms with Gasteiger partial charge in [-0.3, -0.25) is 9.59 Å². The third-order valence-corrected chi connectivity index (χ3v) is 7.18. The van der Waals surface area contributed by atoms with Gasteiger partial charge in [0.1, 0.15) is 18.1 Å². The number of imidazole rings is 1. The van der Waals surface area contributed by atoms with E-state index >= 15 is 0 Å². The van der Waals surface area contributed by atoms with Crippen molar-refractivity contribution in [2.45, 2.75) is 32.5 Å². The van der Waals surface area contributed by atoms with Crippen molar-refractivity contribution in [1.82, 2.24) is 14.5 Å². The van der Waals surface area contributed by atoms with E-state index in [0.29, 0.717) is 42.0 Å². The lowest BCUT2D eigenvalue weighted by molar-refractivity contribution is -0.139. The number of methoxy groups -OCH3 is 1. The van der Waals surface area contributed by atoms with Crippen LogP contribution in [-0.2, 0) is 27.5 Å². The Morgan fingerprint density at radius 3 is 2.38 bits per heavy atom. The molecule has 0 aliphatic carbocycles. The van der Waals surface area contributed by atoms with Crippen LogP contribution in [0.5, 0.6) is 5.75 Å². The second-order valence-electron chi connectivity index (χ2n) is 10.1.